The van der Waals surface area contributed by atoms with Gasteiger partial charge in [0.1, 0.15) is 6.26 Å². The highest BCUT2D eigenvalue weighted by Gasteiger charge is 2.08. The second-order valence-corrected chi connectivity index (χ2v) is 7.44. The van der Waals surface area contributed by atoms with E-state index in [1.165, 1.54) is 29.4 Å². The molecule has 1 aromatic carbocycles. The van der Waals surface area contributed by atoms with Crippen LogP contribution in [0.2, 0.25) is 0 Å². The van der Waals surface area contributed by atoms with Crippen molar-refractivity contribution in [2.24, 2.45) is 0 Å². The van der Waals surface area contributed by atoms with Gasteiger partial charge in [0.05, 0.1) is 5.69 Å². The maximum atomic E-state index is 12.3. The van der Waals surface area contributed by atoms with Crippen molar-refractivity contribution in [3.63, 3.8) is 0 Å². The largest absolute Gasteiger partial charge is 0.364 e. The average Bonchev–Trinajstić information content (AvgIpc) is 3.18. The van der Waals surface area contributed by atoms with Gasteiger partial charge in [0.25, 0.3) is 5.76 Å². The van der Waals surface area contributed by atoms with E-state index in [-0.39, 0.29) is 0 Å². The van der Waals surface area contributed by atoms with E-state index in [9.17, 15) is 8.78 Å². The SMILES string of the molecule is FC(F)Sc1ccc(Nc2nnc(SCc3ccon3)s2)cc1. The summed E-state index contributed by atoms with van der Waals surface area (Å²) in [5.74, 6) is -1.76. The van der Waals surface area contributed by atoms with E-state index in [1.54, 1.807) is 30.3 Å². The van der Waals surface area contributed by atoms with Crippen molar-refractivity contribution >= 4 is 45.7 Å². The normalized spacial score (nSPS) is 11.1. The molecule has 0 aliphatic heterocycles. The van der Waals surface area contributed by atoms with Gasteiger partial charge in [-0.25, -0.2) is 0 Å². The molecule has 5 nitrogen and oxygen atoms in total. The van der Waals surface area contributed by atoms with Crippen LogP contribution < -0.4 is 5.32 Å². The fraction of sp³-hybridized carbons (Fsp3) is 0.154. The van der Waals surface area contributed by atoms with Crippen LogP contribution in [-0.2, 0) is 5.75 Å². The molecule has 0 atom stereocenters. The summed E-state index contributed by atoms with van der Waals surface area (Å²) in [4.78, 5) is 0.520. The summed E-state index contributed by atoms with van der Waals surface area (Å²) in [5, 5.41) is 15.7. The van der Waals surface area contributed by atoms with E-state index in [0.717, 1.165) is 15.7 Å². The number of rotatable bonds is 7. The lowest BCUT2D eigenvalue weighted by atomic mass is 10.3. The van der Waals surface area contributed by atoms with Crippen LogP contribution in [0.1, 0.15) is 5.69 Å². The van der Waals surface area contributed by atoms with Gasteiger partial charge in [-0.15, -0.1) is 10.2 Å². The lowest BCUT2D eigenvalue weighted by Crippen LogP contribution is -1.89. The number of nitrogens with zero attached hydrogens (tertiary/aromatic N) is 3. The lowest BCUT2D eigenvalue weighted by Gasteiger charge is -2.03. The smallest absolute Gasteiger partial charge is 0.288 e. The highest BCUT2D eigenvalue weighted by Crippen LogP contribution is 2.31. The molecule has 3 aromatic rings. The lowest BCUT2D eigenvalue weighted by molar-refractivity contribution is 0.252. The maximum absolute atomic E-state index is 12.3. The first-order valence-corrected chi connectivity index (χ1v) is 9.05. The summed E-state index contributed by atoms with van der Waals surface area (Å²) in [6.45, 7) is 0. The molecule has 3 rings (SSSR count). The molecule has 0 saturated carbocycles. The van der Waals surface area contributed by atoms with Gasteiger partial charge >= 0.3 is 0 Å². The third kappa shape index (κ3) is 4.91. The highest BCUT2D eigenvalue weighted by atomic mass is 32.2. The standard InChI is InChI=1S/C13H10F2N4OS3/c14-11(15)22-10-3-1-8(2-4-10)16-12-17-18-13(23-12)21-7-9-5-6-20-19-9/h1-6,11H,7H2,(H,16,17). The van der Waals surface area contributed by atoms with Crippen LogP contribution in [0, 0.1) is 0 Å². The van der Waals surface area contributed by atoms with E-state index >= 15 is 0 Å². The zero-order valence-electron chi connectivity index (χ0n) is 11.5. The number of halogens is 2. The van der Waals surface area contributed by atoms with Crippen molar-refractivity contribution in [1.29, 1.82) is 0 Å². The van der Waals surface area contributed by atoms with Crippen LogP contribution in [-0.4, -0.2) is 21.1 Å². The molecule has 2 heterocycles. The first-order chi connectivity index (χ1) is 11.2. The number of nitrogens with one attached hydrogen (secondary N) is 1. The van der Waals surface area contributed by atoms with Gasteiger partial charge in [0, 0.05) is 22.4 Å². The molecule has 0 radical (unpaired) electrons. The van der Waals surface area contributed by atoms with Crippen molar-refractivity contribution < 1.29 is 13.3 Å². The van der Waals surface area contributed by atoms with E-state index < -0.39 is 5.76 Å². The molecular formula is C13H10F2N4OS3. The Morgan fingerprint density at radius 2 is 2.00 bits per heavy atom. The minimum atomic E-state index is -2.42. The molecule has 0 aliphatic carbocycles. The summed E-state index contributed by atoms with van der Waals surface area (Å²) >= 11 is 3.44. The number of hydrogen-bond acceptors (Lipinski definition) is 8. The molecule has 120 valence electrons. The molecule has 0 saturated heterocycles. The average molecular weight is 372 g/mol. The zero-order valence-corrected chi connectivity index (χ0v) is 13.9. The highest BCUT2D eigenvalue weighted by molar-refractivity contribution is 8.00. The molecular weight excluding hydrogens is 362 g/mol. The Morgan fingerprint density at radius 1 is 1.17 bits per heavy atom. The van der Waals surface area contributed by atoms with Gasteiger partial charge in [-0.3, -0.25) is 0 Å². The van der Waals surface area contributed by atoms with Crippen LogP contribution in [0.4, 0.5) is 19.6 Å². The number of aromatic nitrogens is 3. The number of thioether (sulfide) groups is 2. The molecule has 0 spiro atoms. The number of hydrogen-bond donors (Lipinski definition) is 1. The van der Waals surface area contributed by atoms with Crippen molar-refractivity contribution in [1.82, 2.24) is 15.4 Å². The van der Waals surface area contributed by atoms with Crippen LogP contribution in [0.25, 0.3) is 0 Å². The Labute approximate surface area is 142 Å². The van der Waals surface area contributed by atoms with Gasteiger partial charge in [-0.05, 0) is 24.3 Å². The quantitative estimate of drug-likeness (QED) is 0.593. The first kappa shape index (κ1) is 16.2. The Kier molecular flexibility index (Phi) is 5.47. The van der Waals surface area contributed by atoms with Gasteiger partial charge in [-0.2, -0.15) is 8.78 Å². The molecule has 0 unspecified atom stereocenters. The van der Waals surface area contributed by atoms with Gasteiger partial charge in [0.2, 0.25) is 5.13 Å². The van der Waals surface area contributed by atoms with E-state index in [1.807, 2.05) is 0 Å². The van der Waals surface area contributed by atoms with Crippen molar-refractivity contribution in [2.75, 3.05) is 5.32 Å². The Hall–Kier alpha value is -1.65. The van der Waals surface area contributed by atoms with Crippen LogP contribution >= 0.6 is 34.9 Å². The van der Waals surface area contributed by atoms with Crippen LogP contribution in [0.5, 0.6) is 0 Å². The first-order valence-electron chi connectivity index (χ1n) is 6.36. The van der Waals surface area contributed by atoms with Gasteiger partial charge in [-0.1, -0.05) is 40.0 Å². The fourth-order valence-corrected chi connectivity index (χ4v) is 3.77. The summed E-state index contributed by atoms with van der Waals surface area (Å²) in [6, 6.07) is 8.54. The Morgan fingerprint density at radius 3 is 2.70 bits per heavy atom. The number of benzene rings is 1. The monoisotopic (exact) mass is 372 g/mol. The molecule has 10 heteroatoms. The van der Waals surface area contributed by atoms with Crippen molar-refractivity contribution in [3.8, 4) is 0 Å². The molecule has 23 heavy (non-hydrogen) atoms. The van der Waals surface area contributed by atoms with E-state index in [2.05, 4.69) is 20.7 Å². The molecule has 1 N–H and O–H groups in total. The number of anilines is 2. The maximum Gasteiger partial charge on any atom is 0.288 e. The molecule has 2 aromatic heterocycles. The summed E-state index contributed by atoms with van der Waals surface area (Å²) in [6.07, 6.45) is 1.53. The van der Waals surface area contributed by atoms with Crippen LogP contribution in [0.3, 0.4) is 0 Å². The second kappa shape index (κ2) is 7.75. The van der Waals surface area contributed by atoms with E-state index in [4.69, 9.17) is 4.52 Å². The minimum Gasteiger partial charge on any atom is -0.364 e. The molecule has 0 fully saturated rings. The van der Waals surface area contributed by atoms with Gasteiger partial charge < -0.3 is 9.84 Å². The predicted octanol–water partition coefficient (Wildman–Crippen LogP) is 4.88. The third-order valence-electron chi connectivity index (χ3n) is 2.57. The summed E-state index contributed by atoms with van der Waals surface area (Å²) in [7, 11) is 0. The Bertz CT molecular complexity index is 734. The van der Waals surface area contributed by atoms with Crippen LogP contribution in [0.15, 0.2) is 50.4 Å². The predicted molar refractivity (Wildman–Crippen MR) is 87.6 cm³/mol. The fourth-order valence-electron chi connectivity index (χ4n) is 1.61. The zero-order chi connectivity index (χ0) is 16.1. The van der Waals surface area contributed by atoms with Crippen molar-refractivity contribution in [3.05, 3.63) is 42.3 Å². The summed E-state index contributed by atoms with van der Waals surface area (Å²) in [5.41, 5.74) is 1.61. The molecule has 0 bridgehead atoms. The minimum absolute atomic E-state index is 0.519. The number of alkyl halides is 2. The van der Waals surface area contributed by atoms with Gasteiger partial charge in [0.15, 0.2) is 4.34 Å². The molecule has 0 aliphatic rings. The second-order valence-electron chi connectivity index (χ2n) is 4.18. The van der Waals surface area contributed by atoms with Crippen molar-refractivity contribution in [2.45, 2.75) is 20.7 Å². The van der Waals surface area contributed by atoms with E-state index in [0.29, 0.717) is 27.5 Å². The Balaban J connectivity index is 1.56. The topological polar surface area (TPSA) is 63.8 Å². The third-order valence-corrected chi connectivity index (χ3v) is 5.30. The summed E-state index contributed by atoms with van der Waals surface area (Å²) < 4.78 is 30.1. The molecule has 0 amide bonds.